The van der Waals surface area contributed by atoms with Gasteiger partial charge in [0, 0.05) is 18.9 Å². The van der Waals surface area contributed by atoms with E-state index in [1.807, 2.05) is 0 Å². The molecule has 0 aliphatic rings. The Morgan fingerprint density at radius 1 is 1.33 bits per heavy atom. The van der Waals surface area contributed by atoms with Crippen LogP contribution in [0.3, 0.4) is 0 Å². The Morgan fingerprint density at radius 3 is 2.25 bits per heavy atom. The summed E-state index contributed by atoms with van der Waals surface area (Å²) in [6, 6.07) is 0. The molecule has 0 spiro atoms. The first-order valence-corrected chi connectivity index (χ1v) is 4.63. The molecule has 0 aliphatic carbocycles. The highest BCUT2D eigenvalue weighted by Gasteiger charge is 2.08. The lowest BCUT2D eigenvalue weighted by Crippen LogP contribution is -1.98. The second-order valence-electron chi connectivity index (χ2n) is 4.08. The Kier molecular flexibility index (Phi) is 2.61. The standard InChI is InChI=1S/C11H19N/c1-8(2)6-11-9(3)7-12(5)10(11)4/h7-8H,6H2,1-5H3. The minimum atomic E-state index is 0.754. The molecule has 1 nitrogen and oxygen atoms in total. The fourth-order valence-corrected chi connectivity index (χ4v) is 1.68. The molecule has 68 valence electrons. The fraction of sp³-hybridized carbons (Fsp3) is 0.636. The van der Waals surface area contributed by atoms with Gasteiger partial charge in [0.05, 0.1) is 0 Å². The topological polar surface area (TPSA) is 4.93 Å². The van der Waals surface area contributed by atoms with E-state index in [-0.39, 0.29) is 0 Å². The van der Waals surface area contributed by atoms with Crippen LogP contribution >= 0.6 is 0 Å². The van der Waals surface area contributed by atoms with Gasteiger partial charge in [-0.15, -0.1) is 0 Å². The molecule has 0 radical (unpaired) electrons. The number of nitrogens with zero attached hydrogens (tertiary/aromatic N) is 1. The van der Waals surface area contributed by atoms with Crippen molar-refractivity contribution in [3.8, 4) is 0 Å². The number of hydrogen-bond acceptors (Lipinski definition) is 0. The zero-order valence-electron chi connectivity index (χ0n) is 8.81. The van der Waals surface area contributed by atoms with Crippen molar-refractivity contribution in [1.82, 2.24) is 4.57 Å². The van der Waals surface area contributed by atoms with E-state index in [1.54, 1.807) is 0 Å². The molecule has 0 atom stereocenters. The molecule has 0 aromatic carbocycles. The van der Waals surface area contributed by atoms with Crippen LogP contribution in [0.25, 0.3) is 0 Å². The highest BCUT2D eigenvalue weighted by atomic mass is 14.9. The minimum Gasteiger partial charge on any atom is -0.354 e. The number of aromatic nitrogens is 1. The summed E-state index contributed by atoms with van der Waals surface area (Å²) in [5, 5.41) is 0. The van der Waals surface area contributed by atoms with E-state index < -0.39 is 0 Å². The van der Waals surface area contributed by atoms with Gasteiger partial charge in [0.1, 0.15) is 0 Å². The van der Waals surface area contributed by atoms with Crippen LogP contribution in [0.2, 0.25) is 0 Å². The van der Waals surface area contributed by atoms with Gasteiger partial charge in [-0.25, -0.2) is 0 Å². The van der Waals surface area contributed by atoms with E-state index in [9.17, 15) is 0 Å². The van der Waals surface area contributed by atoms with E-state index in [0.717, 1.165) is 5.92 Å². The summed E-state index contributed by atoms with van der Waals surface area (Å²) < 4.78 is 2.22. The van der Waals surface area contributed by atoms with Gasteiger partial charge in [0.25, 0.3) is 0 Å². The van der Waals surface area contributed by atoms with Crippen molar-refractivity contribution in [1.29, 1.82) is 0 Å². The molecule has 0 aliphatic heterocycles. The average Bonchev–Trinajstić information content (AvgIpc) is 2.16. The van der Waals surface area contributed by atoms with Gasteiger partial charge < -0.3 is 4.57 Å². The second kappa shape index (κ2) is 3.34. The number of aryl methyl sites for hydroxylation is 2. The van der Waals surface area contributed by atoms with Gasteiger partial charge in [-0.05, 0) is 37.3 Å². The van der Waals surface area contributed by atoms with Crippen LogP contribution in [0.1, 0.15) is 30.7 Å². The van der Waals surface area contributed by atoms with Gasteiger partial charge in [-0.2, -0.15) is 0 Å². The molecule has 1 rings (SSSR count). The summed E-state index contributed by atoms with van der Waals surface area (Å²) in [7, 11) is 2.12. The van der Waals surface area contributed by atoms with E-state index in [0.29, 0.717) is 0 Å². The van der Waals surface area contributed by atoms with Crippen LogP contribution in [0, 0.1) is 19.8 Å². The van der Waals surface area contributed by atoms with E-state index in [2.05, 4.69) is 45.5 Å². The van der Waals surface area contributed by atoms with Crippen LogP contribution < -0.4 is 0 Å². The quantitative estimate of drug-likeness (QED) is 0.635. The summed E-state index contributed by atoms with van der Waals surface area (Å²) >= 11 is 0. The first kappa shape index (κ1) is 9.37. The van der Waals surface area contributed by atoms with Gasteiger partial charge in [-0.1, -0.05) is 13.8 Å². The third kappa shape index (κ3) is 1.71. The smallest absolute Gasteiger partial charge is 0.0175 e. The normalized spacial score (nSPS) is 11.2. The maximum atomic E-state index is 2.27. The lowest BCUT2D eigenvalue weighted by atomic mass is 10.0. The van der Waals surface area contributed by atoms with Crippen molar-refractivity contribution >= 4 is 0 Å². The Morgan fingerprint density at radius 2 is 1.92 bits per heavy atom. The molecule has 0 bridgehead atoms. The lowest BCUT2D eigenvalue weighted by molar-refractivity contribution is 0.641. The molecule has 0 amide bonds. The summed E-state index contributed by atoms with van der Waals surface area (Å²) in [6.45, 7) is 8.94. The maximum absolute atomic E-state index is 2.27. The third-order valence-corrected chi connectivity index (χ3v) is 2.44. The van der Waals surface area contributed by atoms with E-state index >= 15 is 0 Å². The molecule has 12 heavy (non-hydrogen) atoms. The summed E-state index contributed by atoms with van der Waals surface area (Å²) in [4.78, 5) is 0. The van der Waals surface area contributed by atoms with Gasteiger partial charge in [-0.3, -0.25) is 0 Å². The molecule has 0 fully saturated rings. The Labute approximate surface area is 75.4 Å². The van der Waals surface area contributed by atoms with Crippen molar-refractivity contribution in [2.24, 2.45) is 13.0 Å². The van der Waals surface area contributed by atoms with Gasteiger partial charge in [0.15, 0.2) is 0 Å². The molecule has 1 aromatic rings. The minimum absolute atomic E-state index is 0.754. The first-order valence-electron chi connectivity index (χ1n) is 4.63. The van der Waals surface area contributed by atoms with E-state index in [1.165, 1.54) is 23.2 Å². The zero-order chi connectivity index (χ0) is 9.30. The monoisotopic (exact) mass is 165 g/mol. The molecule has 0 saturated heterocycles. The van der Waals surface area contributed by atoms with Crippen molar-refractivity contribution in [2.45, 2.75) is 34.1 Å². The average molecular weight is 165 g/mol. The van der Waals surface area contributed by atoms with Crippen LogP contribution in [0.5, 0.6) is 0 Å². The van der Waals surface area contributed by atoms with Crippen molar-refractivity contribution in [3.05, 3.63) is 23.0 Å². The highest BCUT2D eigenvalue weighted by molar-refractivity contribution is 5.30. The fourth-order valence-electron chi connectivity index (χ4n) is 1.68. The zero-order valence-corrected chi connectivity index (χ0v) is 8.81. The lowest BCUT2D eigenvalue weighted by Gasteiger charge is -2.06. The third-order valence-electron chi connectivity index (χ3n) is 2.44. The molecule has 0 unspecified atom stereocenters. The van der Waals surface area contributed by atoms with Crippen LogP contribution in [0.15, 0.2) is 6.20 Å². The van der Waals surface area contributed by atoms with Crippen molar-refractivity contribution in [2.75, 3.05) is 0 Å². The largest absolute Gasteiger partial charge is 0.354 e. The maximum Gasteiger partial charge on any atom is 0.0175 e. The van der Waals surface area contributed by atoms with E-state index in [4.69, 9.17) is 0 Å². The summed E-state index contributed by atoms with van der Waals surface area (Å²) in [5.41, 5.74) is 4.39. The van der Waals surface area contributed by atoms with Gasteiger partial charge >= 0.3 is 0 Å². The Balaban J connectivity index is 2.97. The van der Waals surface area contributed by atoms with Crippen molar-refractivity contribution < 1.29 is 0 Å². The molecule has 1 heteroatoms. The van der Waals surface area contributed by atoms with Crippen LogP contribution in [-0.4, -0.2) is 4.57 Å². The predicted octanol–water partition coefficient (Wildman–Crippen LogP) is 2.84. The molecular formula is C11H19N. The number of hydrogen-bond donors (Lipinski definition) is 0. The molecular weight excluding hydrogens is 146 g/mol. The van der Waals surface area contributed by atoms with Crippen LogP contribution in [-0.2, 0) is 13.5 Å². The molecule has 0 saturated carbocycles. The Bertz CT molecular complexity index is 269. The second-order valence-corrected chi connectivity index (χ2v) is 4.08. The predicted molar refractivity (Wildman–Crippen MR) is 53.4 cm³/mol. The number of rotatable bonds is 2. The first-order chi connectivity index (χ1) is 5.52. The summed E-state index contributed by atoms with van der Waals surface area (Å²) in [6.07, 6.45) is 3.42. The molecule has 1 heterocycles. The highest BCUT2D eigenvalue weighted by Crippen LogP contribution is 2.18. The van der Waals surface area contributed by atoms with Crippen LogP contribution in [0.4, 0.5) is 0 Å². The molecule has 0 N–H and O–H groups in total. The van der Waals surface area contributed by atoms with Crippen molar-refractivity contribution in [3.63, 3.8) is 0 Å². The SMILES string of the molecule is Cc1cn(C)c(C)c1CC(C)C. The molecule has 1 aromatic heterocycles. The Hall–Kier alpha value is -0.720. The van der Waals surface area contributed by atoms with Gasteiger partial charge in [0.2, 0.25) is 0 Å². The summed E-state index contributed by atoms with van der Waals surface area (Å²) in [5.74, 6) is 0.754.